The lowest BCUT2D eigenvalue weighted by molar-refractivity contribution is -0.138. The van der Waals surface area contributed by atoms with Crippen molar-refractivity contribution >= 4 is 28.7 Å². The van der Waals surface area contributed by atoms with E-state index in [1.54, 1.807) is 0 Å². The fraction of sp³-hybridized carbons (Fsp3) is 0.458. The lowest BCUT2D eigenvalue weighted by Gasteiger charge is -2.46. The maximum atomic E-state index is 13.5. The number of aromatic nitrogens is 1. The Morgan fingerprint density at radius 2 is 1.86 bits per heavy atom. The summed E-state index contributed by atoms with van der Waals surface area (Å²) in [5, 5.41) is 23.8. The molecule has 5 rings (SSSR count). The highest BCUT2D eigenvalue weighted by atomic mass is 32.1. The first-order chi connectivity index (χ1) is 16.7. The topological polar surface area (TPSA) is 84.7 Å². The molecule has 2 saturated heterocycles. The fourth-order valence-corrected chi connectivity index (χ4v) is 5.56. The molecule has 0 bridgehead atoms. The van der Waals surface area contributed by atoms with Gasteiger partial charge in [-0.2, -0.15) is 18.4 Å². The molecule has 0 radical (unpaired) electrons. The van der Waals surface area contributed by atoms with Crippen LogP contribution in [0.2, 0.25) is 0 Å². The van der Waals surface area contributed by atoms with Crippen LogP contribution in [0, 0.1) is 11.3 Å². The lowest BCUT2D eigenvalue weighted by Crippen LogP contribution is -2.57. The molecule has 11 heteroatoms. The lowest BCUT2D eigenvalue weighted by atomic mass is 9.74. The molecular weight excluding hydrogens is 479 g/mol. The van der Waals surface area contributed by atoms with E-state index in [-0.39, 0.29) is 16.9 Å². The Labute approximate surface area is 206 Å². The number of hydrogen-bond donors (Lipinski definition) is 2. The summed E-state index contributed by atoms with van der Waals surface area (Å²) in [6.07, 6.45) is -0.639. The van der Waals surface area contributed by atoms with Gasteiger partial charge in [-0.25, -0.2) is 4.98 Å². The number of halogens is 3. The van der Waals surface area contributed by atoms with Crippen molar-refractivity contribution in [2.45, 2.75) is 56.2 Å². The van der Waals surface area contributed by atoms with Crippen LogP contribution in [-0.4, -0.2) is 46.2 Å². The van der Waals surface area contributed by atoms with Gasteiger partial charge in [0.05, 0.1) is 23.0 Å². The van der Waals surface area contributed by atoms with E-state index in [2.05, 4.69) is 10.3 Å². The SMILES string of the molecule is N#Cc1ncc(N2C(=S)N(c3ccc(OC4CCNCC4)cc3)C3(CCC3)C2O)cc1C(F)(F)F. The molecule has 3 fully saturated rings. The number of pyridine rings is 1. The molecule has 3 heterocycles. The van der Waals surface area contributed by atoms with Crippen molar-refractivity contribution in [1.29, 1.82) is 5.26 Å². The van der Waals surface area contributed by atoms with E-state index >= 15 is 0 Å². The van der Waals surface area contributed by atoms with Crippen LogP contribution in [-0.2, 0) is 6.18 Å². The van der Waals surface area contributed by atoms with Crippen molar-refractivity contribution in [2.75, 3.05) is 22.9 Å². The van der Waals surface area contributed by atoms with E-state index in [1.807, 2.05) is 29.2 Å². The number of thiocarbonyl (C=S) groups is 1. The molecule has 2 N–H and O–H groups in total. The maximum absolute atomic E-state index is 13.5. The van der Waals surface area contributed by atoms with Crippen molar-refractivity contribution in [1.82, 2.24) is 10.3 Å². The Bertz CT molecular complexity index is 1160. The van der Waals surface area contributed by atoms with Gasteiger partial charge in [-0.05, 0) is 87.7 Å². The Balaban J connectivity index is 1.45. The van der Waals surface area contributed by atoms with E-state index in [0.717, 1.165) is 56.1 Å². The summed E-state index contributed by atoms with van der Waals surface area (Å²) >= 11 is 5.69. The molecule has 3 aliphatic rings. The molecule has 1 unspecified atom stereocenters. The first-order valence-corrected chi connectivity index (χ1v) is 11.9. The molecule has 184 valence electrons. The van der Waals surface area contributed by atoms with E-state index in [1.165, 1.54) is 11.0 Å². The predicted molar refractivity (Wildman–Crippen MR) is 127 cm³/mol. The van der Waals surface area contributed by atoms with Crippen LogP contribution < -0.4 is 19.9 Å². The minimum Gasteiger partial charge on any atom is -0.490 e. The van der Waals surface area contributed by atoms with Crippen LogP contribution in [0.3, 0.4) is 0 Å². The number of rotatable bonds is 4. The summed E-state index contributed by atoms with van der Waals surface area (Å²) in [5.74, 6) is 0.733. The number of anilines is 2. The molecule has 2 aromatic rings. The van der Waals surface area contributed by atoms with Crippen LogP contribution >= 0.6 is 12.2 Å². The van der Waals surface area contributed by atoms with Gasteiger partial charge in [0.2, 0.25) is 0 Å². The number of nitriles is 1. The van der Waals surface area contributed by atoms with Gasteiger partial charge < -0.3 is 20.1 Å². The third-order valence-corrected chi connectivity index (χ3v) is 7.41. The molecule has 35 heavy (non-hydrogen) atoms. The maximum Gasteiger partial charge on any atom is 0.419 e. The summed E-state index contributed by atoms with van der Waals surface area (Å²) in [5.41, 5.74) is -1.91. The number of benzene rings is 1. The first-order valence-electron chi connectivity index (χ1n) is 11.5. The van der Waals surface area contributed by atoms with Crippen molar-refractivity contribution in [2.24, 2.45) is 0 Å². The molecule has 1 aromatic carbocycles. The van der Waals surface area contributed by atoms with Crippen LogP contribution in [0.1, 0.15) is 43.4 Å². The van der Waals surface area contributed by atoms with Crippen LogP contribution in [0.25, 0.3) is 0 Å². The standard InChI is InChI=1S/C24H24F3N5O2S/c25-24(26,27)19-12-16(14-30-20(19)13-28)31-21(33)23(8-1-9-23)32(22(31)35)15-2-4-17(5-3-15)34-18-6-10-29-11-7-18/h2-5,12,14,18,21,29,33H,1,6-11H2. The second-order valence-electron chi connectivity index (χ2n) is 9.08. The monoisotopic (exact) mass is 503 g/mol. The molecule has 1 aliphatic carbocycles. The normalized spacial score (nSPS) is 22.3. The fourth-order valence-electron chi connectivity index (χ4n) is 5.07. The minimum atomic E-state index is -4.77. The molecule has 7 nitrogen and oxygen atoms in total. The zero-order valence-electron chi connectivity index (χ0n) is 18.8. The molecule has 1 spiro atoms. The van der Waals surface area contributed by atoms with E-state index in [4.69, 9.17) is 22.2 Å². The Kier molecular flexibility index (Phi) is 6.07. The van der Waals surface area contributed by atoms with Gasteiger partial charge >= 0.3 is 6.18 Å². The van der Waals surface area contributed by atoms with Crippen LogP contribution in [0.15, 0.2) is 36.5 Å². The highest BCUT2D eigenvalue weighted by molar-refractivity contribution is 7.80. The van der Waals surface area contributed by atoms with Gasteiger partial charge in [0, 0.05) is 5.69 Å². The summed E-state index contributed by atoms with van der Waals surface area (Å²) in [6.45, 7) is 1.84. The van der Waals surface area contributed by atoms with E-state index < -0.39 is 29.2 Å². The quantitative estimate of drug-likeness (QED) is 0.607. The first kappa shape index (κ1) is 23.8. The van der Waals surface area contributed by atoms with E-state index in [9.17, 15) is 18.3 Å². The summed E-state index contributed by atoms with van der Waals surface area (Å²) in [7, 11) is 0. The molecule has 2 aliphatic heterocycles. The average Bonchev–Trinajstić information content (AvgIpc) is 3.06. The van der Waals surface area contributed by atoms with Gasteiger partial charge in [-0.1, -0.05) is 0 Å². The Morgan fingerprint density at radius 3 is 2.43 bits per heavy atom. The third kappa shape index (κ3) is 4.09. The summed E-state index contributed by atoms with van der Waals surface area (Å²) < 4.78 is 46.7. The van der Waals surface area contributed by atoms with Gasteiger partial charge in [-0.15, -0.1) is 0 Å². The van der Waals surface area contributed by atoms with Crippen LogP contribution in [0.4, 0.5) is 24.5 Å². The largest absolute Gasteiger partial charge is 0.490 e. The number of aliphatic hydroxyl groups excluding tert-OH is 1. The number of alkyl halides is 3. The molecular formula is C24H24F3N5O2S. The van der Waals surface area contributed by atoms with Gasteiger partial charge in [0.15, 0.2) is 17.0 Å². The van der Waals surface area contributed by atoms with Gasteiger partial charge in [-0.3, -0.25) is 4.90 Å². The van der Waals surface area contributed by atoms with E-state index in [0.29, 0.717) is 12.8 Å². The zero-order chi connectivity index (χ0) is 24.8. The zero-order valence-corrected chi connectivity index (χ0v) is 19.6. The van der Waals surface area contributed by atoms with Crippen molar-refractivity contribution in [3.63, 3.8) is 0 Å². The molecule has 1 aromatic heterocycles. The van der Waals surface area contributed by atoms with Crippen molar-refractivity contribution in [3.05, 3.63) is 47.8 Å². The molecule has 0 amide bonds. The van der Waals surface area contributed by atoms with Crippen molar-refractivity contribution in [3.8, 4) is 11.8 Å². The molecule has 1 saturated carbocycles. The Morgan fingerprint density at radius 1 is 1.17 bits per heavy atom. The third-order valence-electron chi connectivity index (χ3n) is 7.03. The smallest absolute Gasteiger partial charge is 0.419 e. The number of nitrogens with one attached hydrogen (secondary N) is 1. The highest BCUT2D eigenvalue weighted by Crippen LogP contribution is 2.50. The highest BCUT2D eigenvalue weighted by Gasteiger charge is 2.59. The van der Waals surface area contributed by atoms with Gasteiger partial charge in [0.1, 0.15) is 17.9 Å². The number of ether oxygens (including phenoxy) is 1. The number of aliphatic hydroxyl groups is 1. The predicted octanol–water partition coefficient (Wildman–Crippen LogP) is 3.96. The average molecular weight is 504 g/mol. The van der Waals surface area contributed by atoms with Gasteiger partial charge in [0.25, 0.3) is 0 Å². The second kappa shape index (κ2) is 8.93. The number of hydrogen-bond acceptors (Lipinski definition) is 6. The molecule has 1 atom stereocenters. The minimum absolute atomic E-state index is 0.00605. The Hall–Kier alpha value is -2.94. The van der Waals surface area contributed by atoms with Crippen molar-refractivity contribution < 1.29 is 23.0 Å². The second-order valence-corrected chi connectivity index (χ2v) is 9.44. The number of nitrogens with zero attached hydrogens (tertiary/aromatic N) is 4. The number of piperidine rings is 1. The van der Waals surface area contributed by atoms with Crippen LogP contribution in [0.5, 0.6) is 5.75 Å². The summed E-state index contributed by atoms with van der Waals surface area (Å²) in [4.78, 5) is 6.83. The summed E-state index contributed by atoms with van der Waals surface area (Å²) in [6, 6.07) is 9.73.